The van der Waals surface area contributed by atoms with E-state index in [2.05, 4.69) is 51.0 Å². The molecular formula is C13H15IN4. The third-order valence-corrected chi connectivity index (χ3v) is 3.60. The number of aryl methyl sites for hydroxylation is 1. The van der Waals surface area contributed by atoms with Crippen molar-refractivity contribution in [3.05, 3.63) is 39.4 Å². The van der Waals surface area contributed by atoms with Gasteiger partial charge in [-0.3, -0.25) is 0 Å². The average molecular weight is 354 g/mol. The Morgan fingerprint density at radius 2 is 2.28 bits per heavy atom. The third-order valence-electron chi connectivity index (χ3n) is 3.05. The van der Waals surface area contributed by atoms with Gasteiger partial charge in [0.25, 0.3) is 0 Å². The largest absolute Gasteiger partial charge is 0.310 e. The molecule has 4 nitrogen and oxygen atoms in total. The summed E-state index contributed by atoms with van der Waals surface area (Å²) < 4.78 is 2.95. The van der Waals surface area contributed by atoms with E-state index >= 15 is 0 Å². The van der Waals surface area contributed by atoms with Gasteiger partial charge in [-0.05, 0) is 59.5 Å². The monoisotopic (exact) mass is 354 g/mol. The maximum absolute atomic E-state index is 4.52. The van der Waals surface area contributed by atoms with Crippen LogP contribution in [-0.2, 0) is 6.54 Å². The summed E-state index contributed by atoms with van der Waals surface area (Å²) in [7, 11) is 0. The van der Waals surface area contributed by atoms with Crippen molar-refractivity contribution in [2.45, 2.75) is 32.4 Å². The van der Waals surface area contributed by atoms with Crippen LogP contribution in [0.5, 0.6) is 0 Å². The van der Waals surface area contributed by atoms with E-state index in [1.165, 1.54) is 18.4 Å². The molecule has 0 radical (unpaired) electrons. The minimum atomic E-state index is 0.734. The molecule has 94 valence electrons. The molecule has 0 saturated heterocycles. The van der Waals surface area contributed by atoms with Gasteiger partial charge in [0.05, 0.1) is 9.77 Å². The highest BCUT2D eigenvalue weighted by molar-refractivity contribution is 14.1. The molecule has 3 rings (SSSR count). The summed E-state index contributed by atoms with van der Waals surface area (Å²) in [5.41, 5.74) is 2.40. The molecule has 1 N–H and O–H groups in total. The molecule has 2 aromatic rings. The molecule has 0 aliphatic heterocycles. The Balaban J connectivity index is 1.79. The highest BCUT2D eigenvalue weighted by atomic mass is 127. The SMILES string of the molecule is Cc1cc(CNC2CC2)cnc1-n1cc(I)cn1. The van der Waals surface area contributed by atoms with Gasteiger partial charge in [0.1, 0.15) is 0 Å². The zero-order chi connectivity index (χ0) is 12.5. The molecule has 0 spiro atoms. The molecular weight excluding hydrogens is 339 g/mol. The summed E-state index contributed by atoms with van der Waals surface area (Å²) in [6.45, 7) is 2.99. The predicted molar refractivity (Wildman–Crippen MR) is 78.7 cm³/mol. The van der Waals surface area contributed by atoms with Crippen LogP contribution in [0.2, 0.25) is 0 Å². The molecule has 1 aliphatic carbocycles. The van der Waals surface area contributed by atoms with Crippen molar-refractivity contribution in [1.82, 2.24) is 20.1 Å². The number of hydrogen-bond donors (Lipinski definition) is 1. The number of nitrogens with zero attached hydrogens (tertiary/aromatic N) is 3. The number of halogens is 1. The van der Waals surface area contributed by atoms with Crippen LogP contribution in [0.3, 0.4) is 0 Å². The van der Waals surface area contributed by atoms with Crippen LogP contribution in [0.25, 0.3) is 5.82 Å². The molecule has 18 heavy (non-hydrogen) atoms. The molecule has 1 fully saturated rings. The van der Waals surface area contributed by atoms with E-state index in [0.29, 0.717) is 0 Å². The normalized spacial score (nSPS) is 15.0. The van der Waals surface area contributed by atoms with Gasteiger partial charge < -0.3 is 5.32 Å². The first-order chi connectivity index (χ1) is 8.72. The highest BCUT2D eigenvalue weighted by Crippen LogP contribution is 2.20. The average Bonchev–Trinajstić information content (AvgIpc) is 3.09. The lowest BCUT2D eigenvalue weighted by molar-refractivity contribution is 0.684. The molecule has 0 aromatic carbocycles. The van der Waals surface area contributed by atoms with Crippen LogP contribution < -0.4 is 5.32 Å². The van der Waals surface area contributed by atoms with Crippen molar-refractivity contribution in [2.24, 2.45) is 0 Å². The topological polar surface area (TPSA) is 42.7 Å². The maximum Gasteiger partial charge on any atom is 0.156 e. The molecule has 5 heteroatoms. The molecule has 0 amide bonds. The molecule has 2 aromatic heterocycles. The quantitative estimate of drug-likeness (QED) is 0.858. The number of aromatic nitrogens is 3. The Morgan fingerprint density at radius 3 is 2.89 bits per heavy atom. The first kappa shape index (κ1) is 12.1. The fraction of sp³-hybridized carbons (Fsp3) is 0.385. The lowest BCUT2D eigenvalue weighted by Crippen LogP contribution is -2.15. The van der Waals surface area contributed by atoms with Crippen molar-refractivity contribution < 1.29 is 0 Å². The van der Waals surface area contributed by atoms with Gasteiger partial charge in [0.15, 0.2) is 5.82 Å². The van der Waals surface area contributed by atoms with Crippen molar-refractivity contribution in [3.63, 3.8) is 0 Å². The summed E-state index contributed by atoms with van der Waals surface area (Å²) >= 11 is 2.25. The fourth-order valence-electron chi connectivity index (χ4n) is 1.93. The second-order valence-corrected chi connectivity index (χ2v) is 5.99. The Kier molecular flexibility index (Phi) is 3.34. The summed E-state index contributed by atoms with van der Waals surface area (Å²) in [5, 5.41) is 7.79. The van der Waals surface area contributed by atoms with E-state index in [1.807, 2.05) is 23.3 Å². The molecule has 1 saturated carbocycles. The minimum Gasteiger partial charge on any atom is -0.310 e. The first-order valence-electron chi connectivity index (χ1n) is 6.12. The fourth-order valence-corrected chi connectivity index (χ4v) is 2.32. The van der Waals surface area contributed by atoms with Crippen molar-refractivity contribution in [3.8, 4) is 5.82 Å². The van der Waals surface area contributed by atoms with Gasteiger partial charge >= 0.3 is 0 Å². The Bertz CT molecular complexity index is 560. The van der Waals surface area contributed by atoms with Gasteiger partial charge in [-0.25, -0.2) is 9.67 Å². The van der Waals surface area contributed by atoms with Crippen LogP contribution in [0.1, 0.15) is 24.0 Å². The third kappa shape index (κ3) is 2.72. The Morgan fingerprint density at radius 1 is 1.44 bits per heavy atom. The zero-order valence-electron chi connectivity index (χ0n) is 10.2. The summed E-state index contributed by atoms with van der Waals surface area (Å²) in [4.78, 5) is 4.52. The van der Waals surface area contributed by atoms with Gasteiger partial charge in [0.2, 0.25) is 0 Å². The minimum absolute atomic E-state index is 0.734. The van der Waals surface area contributed by atoms with Crippen molar-refractivity contribution in [2.75, 3.05) is 0 Å². The van der Waals surface area contributed by atoms with Gasteiger partial charge in [0, 0.05) is 25.0 Å². The maximum atomic E-state index is 4.52. The van der Waals surface area contributed by atoms with E-state index in [0.717, 1.165) is 27.5 Å². The van der Waals surface area contributed by atoms with E-state index in [4.69, 9.17) is 0 Å². The molecule has 2 heterocycles. The zero-order valence-corrected chi connectivity index (χ0v) is 12.4. The van der Waals surface area contributed by atoms with Crippen LogP contribution in [0.15, 0.2) is 24.7 Å². The van der Waals surface area contributed by atoms with Gasteiger partial charge in [-0.15, -0.1) is 0 Å². The summed E-state index contributed by atoms with van der Waals surface area (Å²) in [5.74, 6) is 0.910. The lowest BCUT2D eigenvalue weighted by Gasteiger charge is -2.08. The van der Waals surface area contributed by atoms with E-state index < -0.39 is 0 Å². The van der Waals surface area contributed by atoms with Crippen molar-refractivity contribution in [1.29, 1.82) is 0 Å². The summed E-state index contributed by atoms with van der Waals surface area (Å²) in [6, 6.07) is 2.92. The van der Waals surface area contributed by atoms with E-state index in [1.54, 1.807) is 0 Å². The number of pyridine rings is 1. The molecule has 0 atom stereocenters. The molecule has 0 bridgehead atoms. The smallest absolute Gasteiger partial charge is 0.156 e. The molecule has 0 unspecified atom stereocenters. The van der Waals surface area contributed by atoms with Crippen LogP contribution in [0.4, 0.5) is 0 Å². The van der Waals surface area contributed by atoms with Crippen LogP contribution in [0, 0.1) is 10.5 Å². The standard InChI is InChI=1S/C13H15IN4/c1-9-4-10(5-15-12-2-3-12)6-16-13(9)18-8-11(14)7-17-18/h4,6-8,12,15H,2-3,5H2,1H3. The number of rotatable bonds is 4. The summed E-state index contributed by atoms with van der Waals surface area (Å²) in [6.07, 6.45) is 8.39. The van der Waals surface area contributed by atoms with Crippen molar-refractivity contribution >= 4 is 22.6 Å². The van der Waals surface area contributed by atoms with Gasteiger partial charge in [-0.2, -0.15) is 5.10 Å². The van der Waals surface area contributed by atoms with E-state index in [9.17, 15) is 0 Å². The lowest BCUT2D eigenvalue weighted by atomic mass is 10.2. The Hall–Kier alpha value is -0.950. The molecule has 1 aliphatic rings. The highest BCUT2D eigenvalue weighted by Gasteiger charge is 2.20. The Labute approximate surface area is 120 Å². The number of hydrogen-bond acceptors (Lipinski definition) is 3. The first-order valence-corrected chi connectivity index (χ1v) is 7.20. The van der Waals surface area contributed by atoms with Crippen LogP contribution in [-0.4, -0.2) is 20.8 Å². The van der Waals surface area contributed by atoms with E-state index in [-0.39, 0.29) is 0 Å². The second-order valence-electron chi connectivity index (χ2n) is 4.74. The van der Waals surface area contributed by atoms with Gasteiger partial charge in [-0.1, -0.05) is 0 Å². The van der Waals surface area contributed by atoms with Crippen LogP contribution >= 0.6 is 22.6 Å². The predicted octanol–water partition coefficient (Wildman–Crippen LogP) is 2.43. The number of nitrogens with one attached hydrogen (secondary N) is 1. The second kappa shape index (κ2) is 4.97.